The van der Waals surface area contributed by atoms with Crippen LogP contribution in [0.2, 0.25) is 0 Å². The van der Waals surface area contributed by atoms with Gasteiger partial charge in [0.1, 0.15) is 0 Å². The highest BCUT2D eigenvalue weighted by atomic mass is 32.2. The number of aromatic nitrogens is 2. The molecule has 1 aliphatic rings. The molecule has 124 valence electrons. The summed E-state index contributed by atoms with van der Waals surface area (Å²) in [5, 5.41) is 0.194. The van der Waals surface area contributed by atoms with Crippen LogP contribution >= 0.6 is 11.8 Å². The lowest BCUT2D eigenvalue weighted by atomic mass is 10.0. The second kappa shape index (κ2) is 6.86. The van der Waals surface area contributed by atoms with E-state index >= 15 is 0 Å². The highest BCUT2D eigenvalue weighted by Crippen LogP contribution is 2.29. The Balaban J connectivity index is 1.74. The minimum absolute atomic E-state index is 0.00516. The van der Waals surface area contributed by atoms with Crippen LogP contribution in [0.1, 0.15) is 26.3 Å². The Bertz CT molecular complexity index is 704. The zero-order chi connectivity index (χ0) is 16.4. The number of rotatable bonds is 4. The molecule has 1 amide bonds. The van der Waals surface area contributed by atoms with Gasteiger partial charge in [0, 0.05) is 13.1 Å². The van der Waals surface area contributed by atoms with Gasteiger partial charge >= 0.3 is 6.55 Å². The van der Waals surface area contributed by atoms with E-state index in [9.17, 15) is 13.6 Å². The summed E-state index contributed by atoms with van der Waals surface area (Å²) in [6.45, 7) is 0.970. The van der Waals surface area contributed by atoms with Crippen molar-refractivity contribution >= 4 is 28.7 Å². The quantitative estimate of drug-likeness (QED) is 0.796. The summed E-state index contributed by atoms with van der Waals surface area (Å²) in [5.74, 6) is 0.640. The zero-order valence-corrected chi connectivity index (χ0v) is 13.7. The van der Waals surface area contributed by atoms with Crippen LogP contribution in [0.4, 0.5) is 8.78 Å². The van der Waals surface area contributed by atoms with Gasteiger partial charge in [-0.25, -0.2) is 4.98 Å². The predicted octanol–water partition coefficient (Wildman–Crippen LogP) is 3.78. The third-order valence-electron chi connectivity index (χ3n) is 4.09. The number of amides is 1. The number of fused-ring (bicyclic) bond motifs is 1. The Labute approximate surface area is 137 Å². The number of nitrogens with zero attached hydrogens (tertiary/aromatic N) is 3. The van der Waals surface area contributed by atoms with E-state index in [0.29, 0.717) is 17.0 Å². The van der Waals surface area contributed by atoms with Crippen LogP contribution in [-0.4, -0.2) is 39.2 Å². The van der Waals surface area contributed by atoms with Gasteiger partial charge < -0.3 is 4.90 Å². The van der Waals surface area contributed by atoms with E-state index < -0.39 is 6.55 Å². The van der Waals surface area contributed by atoms with Crippen molar-refractivity contribution in [3.05, 3.63) is 24.3 Å². The van der Waals surface area contributed by atoms with Gasteiger partial charge in [0.05, 0.1) is 16.8 Å². The van der Waals surface area contributed by atoms with Gasteiger partial charge in [0.15, 0.2) is 5.16 Å². The summed E-state index contributed by atoms with van der Waals surface area (Å²) in [6.07, 6.45) is 2.14. The molecule has 4 nitrogen and oxygen atoms in total. The molecule has 1 saturated heterocycles. The van der Waals surface area contributed by atoms with Crippen molar-refractivity contribution in [1.29, 1.82) is 0 Å². The topological polar surface area (TPSA) is 38.1 Å². The van der Waals surface area contributed by atoms with E-state index in [-0.39, 0.29) is 16.8 Å². The minimum atomic E-state index is -2.67. The molecule has 1 aliphatic heterocycles. The van der Waals surface area contributed by atoms with E-state index in [0.717, 1.165) is 42.3 Å². The summed E-state index contributed by atoms with van der Waals surface area (Å²) in [6, 6.07) is 6.79. The van der Waals surface area contributed by atoms with E-state index in [1.165, 1.54) is 0 Å². The number of carbonyl (C=O) groups excluding carboxylic acids is 1. The summed E-state index contributed by atoms with van der Waals surface area (Å²) in [4.78, 5) is 18.4. The SMILES string of the molecule is C[C@H]1CCCN(C(=O)CSc2nc3ccccc3n2C(F)F)C1. The molecule has 0 radical (unpaired) electrons. The average Bonchev–Trinajstić information content (AvgIpc) is 2.91. The number of thioether (sulfide) groups is 1. The minimum Gasteiger partial charge on any atom is -0.342 e. The maximum absolute atomic E-state index is 13.3. The van der Waals surface area contributed by atoms with Crippen LogP contribution < -0.4 is 0 Å². The first-order valence-electron chi connectivity index (χ1n) is 7.72. The number of likely N-dealkylation sites (tertiary alicyclic amines) is 1. The normalized spacial score (nSPS) is 18.8. The molecule has 0 saturated carbocycles. The Morgan fingerprint density at radius 3 is 2.96 bits per heavy atom. The van der Waals surface area contributed by atoms with Crippen molar-refractivity contribution < 1.29 is 13.6 Å². The highest BCUT2D eigenvalue weighted by Gasteiger charge is 2.23. The Kier molecular flexibility index (Phi) is 4.84. The van der Waals surface area contributed by atoms with E-state index in [1.807, 2.05) is 4.90 Å². The zero-order valence-electron chi connectivity index (χ0n) is 12.9. The summed E-state index contributed by atoms with van der Waals surface area (Å²) in [5.41, 5.74) is 0.915. The molecule has 0 aliphatic carbocycles. The smallest absolute Gasteiger partial charge is 0.321 e. The molecule has 7 heteroatoms. The molecule has 3 rings (SSSR count). The second-order valence-electron chi connectivity index (χ2n) is 5.91. The number of imidazole rings is 1. The lowest BCUT2D eigenvalue weighted by molar-refractivity contribution is -0.130. The van der Waals surface area contributed by atoms with Crippen LogP contribution in [0.15, 0.2) is 29.4 Å². The third kappa shape index (κ3) is 3.49. The molecule has 2 heterocycles. The van der Waals surface area contributed by atoms with Gasteiger partial charge in [0.25, 0.3) is 0 Å². The summed E-state index contributed by atoms with van der Waals surface area (Å²) in [7, 11) is 0. The van der Waals surface area contributed by atoms with E-state index in [1.54, 1.807) is 24.3 Å². The van der Waals surface area contributed by atoms with Crippen molar-refractivity contribution in [2.45, 2.75) is 31.5 Å². The van der Waals surface area contributed by atoms with Gasteiger partial charge in [-0.3, -0.25) is 9.36 Å². The van der Waals surface area contributed by atoms with Gasteiger partial charge in [-0.05, 0) is 30.9 Å². The number of piperidine rings is 1. The first-order chi connectivity index (χ1) is 11.1. The van der Waals surface area contributed by atoms with Crippen molar-refractivity contribution in [2.24, 2.45) is 5.92 Å². The molecule has 0 N–H and O–H groups in total. The number of hydrogen-bond acceptors (Lipinski definition) is 3. The van der Waals surface area contributed by atoms with Gasteiger partial charge in [0.2, 0.25) is 5.91 Å². The monoisotopic (exact) mass is 339 g/mol. The first kappa shape index (κ1) is 16.2. The van der Waals surface area contributed by atoms with Gasteiger partial charge in [-0.15, -0.1) is 0 Å². The Hall–Kier alpha value is -1.63. The molecule has 2 aromatic rings. The van der Waals surface area contributed by atoms with Crippen LogP contribution in [0.3, 0.4) is 0 Å². The van der Waals surface area contributed by atoms with Crippen molar-refractivity contribution in [1.82, 2.24) is 14.5 Å². The van der Waals surface area contributed by atoms with Crippen LogP contribution in [-0.2, 0) is 4.79 Å². The molecule has 1 aromatic carbocycles. The fourth-order valence-electron chi connectivity index (χ4n) is 2.95. The standard InChI is InChI=1S/C16H19F2N3OS/c1-11-5-4-8-20(9-11)14(22)10-23-16-19-12-6-2-3-7-13(12)21(16)15(17)18/h2-3,6-7,11,15H,4-5,8-10H2,1H3/t11-/m0/s1. The number of benzene rings is 1. The highest BCUT2D eigenvalue weighted by molar-refractivity contribution is 7.99. The van der Waals surface area contributed by atoms with Crippen molar-refractivity contribution in [2.75, 3.05) is 18.8 Å². The van der Waals surface area contributed by atoms with Crippen LogP contribution in [0, 0.1) is 5.92 Å². The molecular weight excluding hydrogens is 320 g/mol. The fourth-order valence-corrected chi connectivity index (χ4v) is 3.86. The molecule has 1 aromatic heterocycles. The summed E-state index contributed by atoms with van der Waals surface area (Å²) < 4.78 is 27.6. The largest absolute Gasteiger partial charge is 0.342 e. The van der Waals surface area contributed by atoms with Gasteiger partial charge in [-0.2, -0.15) is 8.78 Å². The van der Waals surface area contributed by atoms with E-state index in [2.05, 4.69) is 11.9 Å². The first-order valence-corrected chi connectivity index (χ1v) is 8.70. The molecule has 0 unspecified atom stereocenters. The average molecular weight is 339 g/mol. The number of carbonyl (C=O) groups is 1. The number of hydrogen-bond donors (Lipinski definition) is 0. The number of halogens is 2. The number of para-hydroxylation sites is 2. The lowest BCUT2D eigenvalue weighted by Crippen LogP contribution is -2.40. The Morgan fingerprint density at radius 1 is 1.43 bits per heavy atom. The fraction of sp³-hybridized carbons (Fsp3) is 0.500. The molecule has 0 spiro atoms. The predicted molar refractivity (Wildman–Crippen MR) is 86.7 cm³/mol. The Morgan fingerprint density at radius 2 is 2.22 bits per heavy atom. The lowest BCUT2D eigenvalue weighted by Gasteiger charge is -2.30. The van der Waals surface area contributed by atoms with Crippen LogP contribution in [0.5, 0.6) is 0 Å². The molecular formula is C16H19F2N3OS. The maximum Gasteiger partial charge on any atom is 0.321 e. The van der Waals surface area contributed by atoms with Crippen molar-refractivity contribution in [3.8, 4) is 0 Å². The molecule has 23 heavy (non-hydrogen) atoms. The molecule has 1 fully saturated rings. The summed E-state index contributed by atoms with van der Waals surface area (Å²) >= 11 is 1.08. The molecule has 0 bridgehead atoms. The maximum atomic E-state index is 13.3. The van der Waals surface area contributed by atoms with Crippen molar-refractivity contribution in [3.63, 3.8) is 0 Å². The second-order valence-corrected chi connectivity index (χ2v) is 6.85. The third-order valence-corrected chi connectivity index (χ3v) is 5.03. The van der Waals surface area contributed by atoms with Crippen LogP contribution in [0.25, 0.3) is 11.0 Å². The van der Waals surface area contributed by atoms with Gasteiger partial charge in [-0.1, -0.05) is 30.8 Å². The number of alkyl halides is 2. The molecule has 1 atom stereocenters. The van der Waals surface area contributed by atoms with E-state index in [4.69, 9.17) is 0 Å².